The fraction of sp³-hybridized carbons (Fsp3) is 1.00. The second-order valence-electron chi connectivity index (χ2n) is 3.58. The van der Waals surface area contributed by atoms with Crippen LogP contribution in [0.25, 0.3) is 0 Å². The SMILES string of the molecule is CO[C@@H]1C[C@H]2C[C@@H]1[C@H](O)C2. The van der Waals surface area contributed by atoms with E-state index in [0.717, 1.165) is 12.3 Å². The number of hydrogen-bond acceptors (Lipinski definition) is 2. The molecule has 58 valence electrons. The van der Waals surface area contributed by atoms with E-state index >= 15 is 0 Å². The van der Waals surface area contributed by atoms with Gasteiger partial charge < -0.3 is 9.84 Å². The largest absolute Gasteiger partial charge is 0.393 e. The molecule has 2 heteroatoms. The zero-order chi connectivity index (χ0) is 7.14. The third-order valence-corrected chi connectivity index (χ3v) is 3.02. The van der Waals surface area contributed by atoms with Crippen LogP contribution < -0.4 is 0 Å². The van der Waals surface area contributed by atoms with Gasteiger partial charge in [0.25, 0.3) is 0 Å². The standard InChI is InChI=1S/C8H14O2/c1-10-8-4-5-2-6(8)7(9)3-5/h5-9H,2-4H2,1H3/t5-,6+,7+,8+/m0/s1. The Morgan fingerprint density at radius 1 is 1.30 bits per heavy atom. The zero-order valence-corrected chi connectivity index (χ0v) is 6.29. The second-order valence-corrected chi connectivity index (χ2v) is 3.58. The van der Waals surface area contributed by atoms with Crippen molar-refractivity contribution in [3.8, 4) is 0 Å². The Morgan fingerprint density at radius 2 is 2.10 bits per heavy atom. The highest BCUT2D eigenvalue weighted by Gasteiger charge is 2.45. The third kappa shape index (κ3) is 0.789. The van der Waals surface area contributed by atoms with Crippen LogP contribution in [0.15, 0.2) is 0 Å². The Hall–Kier alpha value is -0.0800. The molecule has 2 rings (SSSR count). The van der Waals surface area contributed by atoms with Crippen LogP contribution in [0.5, 0.6) is 0 Å². The van der Waals surface area contributed by atoms with Crippen molar-refractivity contribution in [2.24, 2.45) is 11.8 Å². The molecule has 2 fully saturated rings. The first kappa shape index (κ1) is 6.62. The van der Waals surface area contributed by atoms with E-state index in [1.807, 2.05) is 0 Å². The molecule has 10 heavy (non-hydrogen) atoms. The van der Waals surface area contributed by atoms with E-state index in [1.165, 1.54) is 12.8 Å². The van der Waals surface area contributed by atoms with Crippen LogP contribution in [0.4, 0.5) is 0 Å². The number of aliphatic hydroxyl groups is 1. The summed E-state index contributed by atoms with van der Waals surface area (Å²) in [5.74, 6) is 1.21. The molecule has 0 aromatic carbocycles. The molecule has 0 unspecified atom stereocenters. The Kier molecular flexibility index (Phi) is 1.46. The van der Waals surface area contributed by atoms with Crippen molar-refractivity contribution in [1.82, 2.24) is 0 Å². The molecule has 2 bridgehead atoms. The molecule has 2 aliphatic rings. The van der Waals surface area contributed by atoms with E-state index in [9.17, 15) is 5.11 Å². The Labute approximate surface area is 61.2 Å². The minimum atomic E-state index is -0.0660. The van der Waals surface area contributed by atoms with Crippen molar-refractivity contribution in [3.63, 3.8) is 0 Å². The van der Waals surface area contributed by atoms with Crippen LogP contribution in [-0.4, -0.2) is 24.4 Å². The van der Waals surface area contributed by atoms with E-state index in [-0.39, 0.29) is 6.10 Å². The molecule has 0 heterocycles. The molecule has 0 amide bonds. The smallest absolute Gasteiger partial charge is 0.0626 e. The lowest BCUT2D eigenvalue weighted by Gasteiger charge is -2.24. The monoisotopic (exact) mass is 142 g/mol. The number of fused-ring (bicyclic) bond motifs is 2. The van der Waals surface area contributed by atoms with Crippen LogP contribution in [0.2, 0.25) is 0 Å². The van der Waals surface area contributed by atoms with Gasteiger partial charge in [0.2, 0.25) is 0 Å². The molecule has 2 saturated carbocycles. The van der Waals surface area contributed by atoms with Crippen LogP contribution >= 0.6 is 0 Å². The van der Waals surface area contributed by atoms with Gasteiger partial charge in [-0.2, -0.15) is 0 Å². The molecule has 0 aliphatic heterocycles. The van der Waals surface area contributed by atoms with E-state index in [4.69, 9.17) is 4.74 Å². The van der Waals surface area contributed by atoms with Crippen LogP contribution in [0.3, 0.4) is 0 Å². The predicted octanol–water partition coefficient (Wildman–Crippen LogP) is 0.792. The maximum Gasteiger partial charge on any atom is 0.0626 e. The van der Waals surface area contributed by atoms with Crippen molar-refractivity contribution in [3.05, 3.63) is 0 Å². The number of hydrogen-bond donors (Lipinski definition) is 1. The van der Waals surface area contributed by atoms with Crippen LogP contribution in [0, 0.1) is 11.8 Å². The number of ether oxygens (including phenoxy) is 1. The number of methoxy groups -OCH3 is 1. The highest BCUT2D eigenvalue weighted by molar-refractivity contribution is 4.96. The average molecular weight is 142 g/mol. The molecule has 0 spiro atoms. The fourth-order valence-corrected chi connectivity index (χ4v) is 2.52. The number of aliphatic hydroxyl groups excluding tert-OH is 1. The molecule has 0 aromatic rings. The maximum absolute atomic E-state index is 9.44. The lowest BCUT2D eigenvalue weighted by atomic mass is 9.95. The van der Waals surface area contributed by atoms with Gasteiger partial charge in [-0.05, 0) is 25.2 Å². The normalized spacial score (nSPS) is 52.2. The highest BCUT2D eigenvalue weighted by atomic mass is 16.5. The summed E-state index contributed by atoms with van der Waals surface area (Å²) in [6, 6.07) is 0. The van der Waals surface area contributed by atoms with Gasteiger partial charge in [0.15, 0.2) is 0 Å². The first-order chi connectivity index (χ1) is 4.81. The van der Waals surface area contributed by atoms with Crippen LogP contribution in [-0.2, 0) is 4.74 Å². The van der Waals surface area contributed by atoms with Gasteiger partial charge in [0.1, 0.15) is 0 Å². The second kappa shape index (κ2) is 2.21. The van der Waals surface area contributed by atoms with Crippen molar-refractivity contribution in [2.45, 2.75) is 31.5 Å². The first-order valence-electron chi connectivity index (χ1n) is 4.02. The van der Waals surface area contributed by atoms with E-state index in [0.29, 0.717) is 12.0 Å². The highest BCUT2D eigenvalue weighted by Crippen LogP contribution is 2.45. The van der Waals surface area contributed by atoms with Gasteiger partial charge in [-0.1, -0.05) is 0 Å². The minimum absolute atomic E-state index is 0.0660. The van der Waals surface area contributed by atoms with E-state index in [1.54, 1.807) is 7.11 Å². The van der Waals surface area contributed by atoms with E-state index < -0.39 is 0 Å². The predicted molar refractivity (Wildman–Crippen MR) is 37.6 cm³/mol. The summed E-state index contributed by atoms with van der Waals surface area (Å²) in [4.78, 5) is 0. The van der Waals surface area contributed by atoms with Crippen molar-refractivity contribution >= 4 is 0 Å². The molecule has 0 radical (unpaired) electrons. The molecule has 0 aromatic heterocycles. The van der Waals surface area contributed by atoms with Gasteiger partial charge in [0.05, 0.1) is 12.2 Å². The van der Waals surface area contributed by atoms with Gasteiger partial charge >= 0.3 is 0 Å². The Balaban J connectivity index is 2.06. The van der Waals surface area contributed by atoms with Gasteiger partial charge in [-0.25, -0.2) is 0 Å². The maximum atomic E-state index is 9.44. The summed E-state index contributed by atoms with van der Waals surface area (Å²) < 4.78 is 5.26. The van der Waals surface area contributed by atoms with Crippen molar-refractivity contribution < 1.29 is 9.84 Å². The molecular formula is C8H14O2. The van der Waals surface area contributed by atoms with Gasteiger partial charge in [-0.15, -0.1) is 0 Å². The number of rotatable bonds is 1. The summed E-state index contributed by atoms with van der Waals surface area (Å²) >= 11 is 0. The Morgan fingerprint density at radius 3 is 2.50 bits per heavy atom. The lowest BCUT2D eigenvalue weighted by Crippen LogP contribution is -2.29. The summed E-state index contributed by atoms with van der Waals surface area (Å²) in [7, 11) is 1.75. The molecule has 2 aliphatic carbocycles. The topological polar surface area (TPSA) is 29.5 Å². The average Bonchev–Trinajstić information content (AvgIpc) is 2.44. The Bertz CT molecular complexity index is 133. The molecule has 2 nitrogen and oxygen atoms in total. The first-order valence-corrected chi connectivity index (χ1v) is 4.02. The summed E-state index contributed by atoms with van der Waals surface area (Å²) in [6.07, 6.45) is 3.68. The van der Waals surface area contributed by atoms with E-state index in [2.05, 4.69) is 0 Å². The van der Waals surface area contributed by atoms with Crippen molar-refractivity contribution in [2.75, 3.05) is 7.11 Å². The molecule has 1 N–H and O–H groups in total. The van der Waals surface area contributed by atoms with Gasteiger partial charge in [-0.3, -0.25) is 0 Å². The quantitative estimate of drug-likeness (QED) is 0.586. The lowest BCUT2D eigenvalue weighted by molar-refractivity contribution is -0.00708. The van der Waals surface area contributed by atoms with Crippen LogP contribution in [0.1, 0.15) is 19.3 Å². The summed E-state index contributed by atoms with van der Waals surface area (Å²) in [5.41, 5.74) is 0. The fourth-order valence-electron chi connectivity index (χ4n) is 2.52. The van der Waals surface area contributed by atoms with Gasteiger partial charge in [0, 0.05) is 13.0 Å². The molecule has 0 saturated heterocycles. The third-order valence-electron chi connectivity index (χ3n) is 3.02. The zero-order valence-electron chi connectivity index (χ0n) is 6.29. The van der Waals surface area contributed by atoms with Crippen molar-refractivity contribution in [1.29, 1.82) is 0 Å². The summed E-state index contributed by atoms with van der Waals surface area (Å²) in [6.45, 7) is 0. The minimum Gasteiger partial charge on any atom is -0.393 e. The molecule has 4 atom stereocenters. The molecular weight excluding hydrogens is 128 g/mol. The summed E-state index contributed by atoms with van der Waals surface area (Å²) in [5, 5.41) is 9.44.